The summed E-state index contributed by atoms with van der Waals surface area (Å²) in [7, 11) is 0. The van der Waals surface area contributed by atoms with Crippen molar-refractivity contribution in [3.05, 3.63) is 11.6 Å². The summed E-state index contributed by atoms with van der Waals surface area (Å²) in [5.41, 5.74) is 1.53. The lowest BCUT2D eigenvalue weighted by molar-refractivity contribution is -0.230. The molecule has 0 aromatic heterocycles. The van der Waals surface area contributed by atoms with Crippen molar-refractivity contribution in [3.8, 4) is 0 Å². The van der Waals surface area contributed by atoms with Gasteiger partial charge >= 0.3 is 0 Å². The van der Waals surface area contributed by atoms with Crippen LogP contribution in [-0.2, 0) is 9.47 Å². The SMILES string of the molecule is CCCCC1=CC12OCC(C)(C)CO2. The van der Waals surface area contributed by atoms with Gasteiger partial charge in [0.2, 0.25) is 5.79 Å². The van der Waals surface area contributed by atoms with Gasteiger partial charge in [-0.05, 0) is 24.5 Å². The zero-order valence-electron chi connectivity index (χ0n) is 9.43. The summed E-state index contributed by atoms with van der Waals surface area (Å²) in [6.07, 6.45) is 5.75. The van der Waals surface area contributed by atoms with Crippen LogP contribution in [0.2, 0.25) is 0 Å². The van der Waals surface area contributed by atoms with Crippen molar-refractivity contribution in [2.45, 2.75) is 45.8 Å². The Hall–Kier alpha value is -0.340. The summed E-state index contributed by atoms with van der Waals surface area (Å²) < 4.78 is 11.6. The van der Waals surface area contributed by atoms with Crippen LogP contribution >= 0.6 is 0 Å². The smallest absolute Gasteiger partial charge is 0.211 e. The van der Waals surface area contributed by atoms with Gasteiger partial charge in [0.15, 0.2) is 0 Å². The van der Waals surface area contributed by atoms with Gasteiger partial charge in [0.05, 0.1) is 13.2 Å². The summed E-state index contributed by atoms with van der Waals surface area (Å²) in [4.78, 5) is 0. The molecule has 0 radical (unpaired) electrons. The molecule has 14 heavy (non-hydrogen) atoms. The van der Waals surface area contributed by atoms with E-state index in [1.54, 1.807) is 0 Å². The van der Waals surface area contributed by atoms with Crippen LogP contribution in [0.3, 0.4) is 0 Å². The maximum Gasteiger partial charge on any atom is 0.211 e. The molecule has 0 amide bonds. The van der Waals surface area contributed by atoms with Crippen molar-refractivity contribution in [1.82, 2.24) is 0 Å². The van der Waals surface area contributed by atoms with Gasteiger partial charge in [0.25, 0.3) is 0 Å². The van der Waals surface area contributed by atoms with Crippen LogP contribution in [0.4, 0.5) is 0 Å². The minimum Gasteiger partial charge on any atom is -0.342 e. The zero-order valence-corrected chi connectivity index (χ0v) is 9.43. The summed E-state index contributed by atoms with van der Waals surface area (Å²) >= 11 is 0. The van der Waals surface area contributed by atoms with Crippen molar-refractivity contribution in [1.29, 1.82) is 0 Å². The molecule has 0 bridgehead atoms. The molecule has 0 atom stereocenters. The monoisotopic (exact) mass is 196 g/mol. The van der Waals surface area contributed by atoms with E-state index in [2.05, 4.69) is 26.8 Å². The standard InChI is InChI=1S/C12H20O2/c1-4-5-6-10-7-12(10)13-8-11(2,3)9-14-12/h7H,4-6,8-9H2,1-3H3. The Labute approximate surface area is 86.3 Å². The fourth-order valence-electron chi connectivity index (χ4n) is 1.76. The quantitative estimate of drug-likeness (QED) is 0.646. The highest BCUT2D eigenvalue weighted by Crippen LogP contribution is 2.47. The van der Waals surface area contributed by atoms with Crippen LogP contribution in [0, 0.1) is 5.41 Å². The average Bonchev–Trinajstić information content (AvgIpc) is 2.82. The number of ether oxygens (including phenoxy) is 2. The highest BCUT2D eigenvalue weighted by Gasteiger charge is 2.50. The molecule has 2 rings (SSSR count). The molecule has 0 unspecified atom stereocenters. The minimum atomic E-state index is -0.356. The summed E-state index contributed by atoms with van der Waals surface area (Å²) in [6.45, 7) is 8.17. The van der Waals surface area contributed by atoms with Gasteiger partial charge in [-0.25, -0.2) is 0 Å². The van der Waals surface area contributed by atoms with Crippen LogP contribution in [0.1, 0.15) is 40.0 Å². The number of rotatable bonds is 3. The van der Waals surface area contributed by atoms with E-state index in [9.17, 15) is 0 Å². The van der Waals surface area contributed by atoms with E-state index >= 15 is 0 Å². The van der Waals surface area contributed by atoms with Crippen molar-refractivity contribution in [2.24, 2.45) is 5.41 Å². The molecule has 80 valence electrons. The lowest BCUT2D eigenvalue weighted by Crippen LogP contribution is -2.40. The molecule has 1 spiro atoms. The van der Waals surface area contributed by atoms with E-state index in [1.165, 1.54) is 18.4 Å². The maximum absolute atomic E-state index is 5.79. The average molecular weight is 196 g/mol. The topological polar surface area (TPSA) is 18.5 Å². The number of hydrogen-bond acceptors (Lipinski definition) is 2. The van der Waals surface area contributed by atoms with Gasteiger partial charge in [-0.2, -0.15) is 0 Å². The van der Waals surface area contributed by atoms with E-state index in [1.807, 2.05) is 0 Å². The molecule has 2 heteroatoms. The van der Waals surface area contributed by atoms with Crippen LogP contribution in [-0.4, -0.2) is 19.0 Å². The summed E-state index contributed by atoms with van der Waals surface area (Å²) in [5.74, 6) is -0.356. The molecule has 2 aliphatic rings. The Morgan fingerprint density at radius 1 is 1.29 bits per heavy atom. The first-order valence-corrected chi connectivity index (χ1v) is 5.58. The Kier molecular flexibility index (Phi) is 2.44. The maximum atomic E-state index is 5.79. The second-order valence-electron chi connectivity index (χ2n) is 5.18. The fraction of sp³-hybridized carbons (Fsp3) is 0.833. The number of unbranched alkanes of at least 4 members (excludes halogenated alkanes) is 1. The van der Waals surface area contributed by atoms with Crippen LogP contribution in [0.25, 0.3) is 0 Å². The molecule has 0 saturated carbocycles. The molecule has 2 nitrogen and oxygen atoms in total. The van der Waals surface area contributed by atoms with Gasteiger partial charge in [0.1, 0.15) is 0 Å². The van der Waals surface area contributed by atoms with Crippen LogP contribution in [0.5, 0.6) is 0 Å². The van der Waals surface area contributed by atoms with E-state index in [4.69, 9.17) is 9.47 Å². The van der Waals surface area contributed by atoms with E-state index in [-0.39, 0.29) is 11.2 Å². The summed E-state index contributed by atoms with van der Waals surface area (Å²) in [6, 6.07) is 0. The predicted octanol–water partition coefficient (Wildman–Crippen LogP) is 2.89. The van der Waals surface area contributed by atoms with E-state index in [0.29, 0.717) is 0 Å². The van der Waals surface area contributed by atoms with E-state index < -0.39 is 0 Å². The molecular weight excluding hydrogens is 176 g/mol. The molecule has 1 aliphatic heterocycles. The molecule has 1 saturated heterocycles. The predicted molar refractivity (Wildman–Crippen MR) is 56.0 cm³/mol. The second-order valence-corrected chi connectivity index (χ2v) is 5.18. The zero-order chi connectivity index (χ0) is 10.2. The van der Waals surface area contributed by atoms with Crippen LogP contribution < -0.4 is 0 Å². The third-order valence-corrected chi connectivity index (χ3v) is 2.88. The van der Waals surface area contributed by atoms with E-state index in [0.717, 1.165) is 19.6 Å². The molecule has 0 aromatic carbocycles. The molecular formula is C12H20O2. The minimum absolute atomic E-state index is 0.178. The third kappa shape index (κ3) is 1.86. The van der Waals surface area contributed by atoms with Crippen molar-refractivity contribution in [3.63, 3.8) is 0 Å². The molecule has 0 aromatic rings. The van der Waals surface area contributed by atoms with Gasteiger partial charge in [0, 0.05) is 5.41 Å². The first-order chi connectivity index (χ1) is 6.58. The summed E-state index contributed by atoms with van der Waals surface area (Å²) in [5, 5.41) is 0. The Morgan fingerprint density at radius 2 is 1.93 bits per heavy atom. The first-order valence-electron chi connectivity index (χ1n) is 5.58. The third-order valence-electron chi connectivity index (χ3n) is 2.88. The van der Waals surface area contributed by atoms with Crippen molar-refractivity contribution < 1.29 is 9.47 Å². The van der Waals surface area contributed by atoms with Crippen molar-refractivity contribution >= 4 is 0 Å². The normalized spacial score (nSPS) is 27.5. The van der Waals surface area contributed by atoms with Gasteiger partial charge in [-0.15, -0.1) is 0 Å². The van der Waals surface area contributed by atoms with Gasteiger partial charge in [-0.1, -0.05) is 27.2 Å². The number of hydrogen-bond donors (Lipinski definition) is 0. The lowest BCUT2D eigenvalue weighted by atomic mass is 9.95. The molecule has 1 fully saturated rings. The highest BCUT2D eigenvalue weighted by molar-refractivity contribution is 5.39. The Bertz CT molecular complexity index is 243. The fourth-order valence-corrected chi connectivity index (χ4v) is 1.76. The molecule has 0 N–H and O–H groups in total. The lowest BCUT2D eigenvalue weighted by Gasteiger charge is -2.36. The second kappa shape index (κ2) is 3.35. The molecule has 1 heterocycles. The van der Waals surface area contributed by atoms with Crippen LogP contribution in [0.15, 0.2) is 11.6 Å². The van der Waals surface area contributed by atoms with Gasteiger partial charge in [-0.3, -0.25) is 0 Å². The Morgan fingerprint density at radius 3 is 2.50 bits per heavy atom. The first kappa shape index (κ1) is 10.2. The highest BCUT2D eigenvalue weighted by atomic mass is 16.7. The van der Waals surface area contributed by atoms with Crippen molar-refractivity contribution in [2.75, 3.05) is 13.2 Å². The Balaban J connectivity index is 1.81. The molecule has 1 aliphatic carbocycles. The van der Waals surface area contributed by atoms with Gasteiger partial charge < -0.3 is 9.47 Å². The largest absolute Gasteiger partial charge is 0.342 e.